The number of carbonyl (C=O) groups is 1. The molecule has 0 radical (unpaired) electrons. The van der Waals surface area contributed by atoms with Gasteiger partial charge in [-0.25, -0.2) is 9.80 Å². The average molecular weight is 367 g/mol. The summed E-state index contributed by atoms with van der Waals surface area (Å²) in [4.78, 5) is 12.1. The van der Waals surface area contributed by atoms with Gasteiger partial charge in [-0.05, 0) is 37.5 Å². The van der Waals surface area contributed by atoms with Crippen molar-refractivity contribution < 1.29 is 9.53 Å². The molecule has 1 N–H and O–H groups in total. The molecule has 1 aliphatic rings. The number of hydrogen-bond donors (Lipinski definition) is 1. The SMILES string of the molecule is CCCCN1NC(C)=C(C(=O)OC)C1Cc1ccc(Br)cc1. The highest BCUT2D eigenvalue weighted by Gasteiger charge is 2.35. The number of nitrogens with one attached hydrogen (secondary N) is 1. The third-order valence-electron chi connectivity index (χ3n) is 3.92. The Morgan fingerprint density at radius 1 is 1.36 bits per heavy atom. The summed E-state index contributed by atoms with van der Waals surface area (Å²) in [5, 5.41) is 2.16. The van der Waals surface area contributed by atoms with Gasteiger partial charge >= 0.3 is 5.97 Å². The Morgan fingerprint density at radius 2 is 2.05 bits per heavy atom. The summed E-state index contributed by atoms with van der Waals surface area (Å²) in [6.07, 6.45) is 2.99. The van der Waals surface area contributed by atoms with Gasteiger partial charge in [-0.1, -0.05) is 41.4 Å². The number of hydrogen-bond acceptors (Lipinski definition) is 4. The van der Waals surface area contributed by atoms with Crippen LogP contribution in [0.15, 0.2) is 40.0 Å². The fourth-order valence-electron chi connectivity index (χ4n) is 2.75. The molecule has 120 valence electrons. The van der Waals surface area contributed by atoms with Crippen LogP contribution in [0.1, 0.15) is 32.3 Å². The van der Waals surface area contributed by atoms with Crippen molar-refractivity contribution in [2.24, 2.45) is 0 Å². The van der Waals surface area contributed by atoms with Crippen molar-refractivity contribution in [3.05, 3.63) is 45.6 Å². The van der Waals surface area contributed by atoms with Gasteiger partial charge in [-0.2, -0.15) is 0 Å². The van der Waals surface area contributed by atoms with Crippen molar-refractivity contribution >= 4 is 21.9 Å². The molecule has 0 saturated heterocycles. The van der Waals surface area contributed by atoms with E-state index in [1.807, 2.05) is 19.1 Å². The molecule has 1 atom stereocenters. The number of unbranched alkanes of at least 4 members (excludes halogenated alkanes) is 1. The molecular weight excluding hydrogens is 344 g/mol. The van der Waals surface area contributed by atoms with Gasteiger partial charge in [0.25, 0.3) is 0 Å². The first-order chi connectivity index (χ1) is 10.6. The second-order valence-electron chi connectivity index (χ2n) is 5.54. The zero-order chi connectivity index (χ0) is 16.1. The quantitative estimate of drug-likeness (QED) is 0.783. The molecule has 1 aromatic carbocycles. The number of nitrogens with zero attached hydrogens (tertiary/aromatic N) is 1. The third-order valence-corrected chi connectivity index (χ3v) is 4.45. The molecule has 1 aromatic rings. The Hall–Kier alpha value is -1.33. The first kappa shape index (κ1) is 17.0. The molecule has 0 amide bonds. The minimum atomic E-state index is -0.244. The Bertz CT molecular complexity index is 554. The summed E-state index contributed by atoms with van der Waals surface area (Å²) in [6, 6.07) is 8.25. The maximum absolute atomic E-state index is 12.1. The highest BCUT2D eigenvalue weighted by Crippen LogP contribution is 2.26. The summed E-state index contributed by atoms with van der Waals surface area (Å²) < 4.78 is 6.03. The number of halogens is 1. The number of ether oxygens (including phenoxy) is 1. The van der Waals surface area contributed by atoms with E-state index in [4.69, 9.17) is 4.74 Å². The highest BCUT2D eigenvalue weighted by molar-refractivity contribution is 9.10. The van der Waals surface area contributed by atoms with Gasteiger partial charge in [0, 0.05) is 16.7 Å². The maximum atomic E-state index is 12.1. The Kier molecular flexibility index (Phi) is 6.03. The van der Waals surface area contributed by atoms with Crippen LogP contribution in [0.5, 0.6) is 0 Å². The van der Waals surface area contributed by atoms with Gasteiger partial charge in [-0.15, -0.1) is 0 Å². The lowest BCUT2D eigenvalue weighted by molar-refractivity contribution is -0.136. The summed E-state index contributed by atoms with van der Waals surface area (Å²) >= 11 is 3.45. The minimum absolute atomic E-state index is 0.0141. The van der Waals surface area contributed by atoms with Crippen molar-refractivity contribution in [1.82, 2.24) is 10.4 Å². The van der Waals surface area contributed by atoms with Gasteiger partial charge in [0.1, 0.15) is 0 Å². The molecule has 0 aliphatic carbocycles. The first-order valence-corrected chi connectivity index (χ1v) is 8.43. The molecule has 2 rings (SSSR count). The second-order valence-corrected chi connectivity index (χ2v) is 6.45. The fourth-order valence-corrected chi connectivity index (χ4v) is 3.02. The van der Waals surface area contributed by atoms with Gasteiger partial charge < -0.3 is 10.2 Å². The molecule has 1 aliphatic heterocycles. The van der Waals surface area contributed by atoms with Gasteiger partial charge in [0.05, 0.1) is 18.7 Å². The van der Waals surface area contributed by atoms with Crippen LogP contribution >= 0.6 is 15.9 Å². The Morgan fingerprint density at radius 3 is 2.64 bits per heavy atom. The zero-order valence-corrected chi connectivity index (χ0v) is 14.9. The number of rotatable bonds is 6. The van der Waals surface area contributed by atoms with E-state index in [2.05, 4.69) is 45.4 Å². The number of esters is 1. The molecule has 22 heavy (non-hydrogen) atoms. The van der Waals surface area contributed by atoms with Gasteiger partial charge in [0.2, 0.25) is 0 Å². The lowest BCUT2D eigenvalue weighted by Gasteiger charge is -2.26. The Labute approximate surface area is 140 Å². The van der Waals surface area contributed by atoms with Crippen LogP contribution in [-0.2, 0) is 16.0 Å². The van der Waals surface area contributed by atoms with Crippen molar-refractivity contribution in [2.75, 3.05) is 13.7 Å². The minimum Gasteiger partial charge on any atom is -0.466 e. The molecule has 1 heterocycles. The van der Waals surface area contributed by atoms with Crippen molar-refractivity contribution in [3.63, 3.8) is 0 Å². The molecule has 0 bridgehead atoms. The van der Waals surface area contributed by atoms with Crippen molar-refractivity contribution in [3.8, 4) is 0 Å². The third kappa shape index (κ3) is 3.90. The van der Waals surface area contributed by atoms with Crippen LogP contribution < -0.4 is 5.43 Å². The fraction of sp³-hybridized carbons (Fsp3) is 0.471. The molecule has 5 heteroatoms. The van der Waals surface area contributed by atoms with Crippen molar-refractivity contribution in [2.45, 2.75) is 39.2 Å². The molecule has 0 saturated carbocycles. The molecule has 4 nitrogen and oxygen atoms in total. The smallest absolute Gasteiger partial charge is 0.337 e. The molecule has 1 unspecified atom stereocenters. The predicted octanol–water partition coefficient (Wildman–Crippen LogP) is 3.43. The standard InChI is InChI=1S/C17H23BrN2O2/c1-4-5-10-20-15(11-13-6-8-14(18)9-7-13)16(12(2)19-20)17(21)22-3/h6-9,15,19H,4-5,10-11H2,1-3H3. The van der Waals surface area contributed by atoms with Gasteiger partial charge in [-0.3, -0.25) is 0 Å². The van der Waals surface area contributed by atoms with Crippen LogP contribution in [0, 0.1) is 0 Å². The first-order valence-electron chi connectivity index (χ1n) is 7.63. The van der Waals surface area contributed by atoms with Crippen LogP contribution in [0.2, 0.25) is 0 Å². The average Bonchev–Trinajstić information content (AvgIpc) is 2.82. The second kappa shape index (κ2) is 7.79. The number of carbonyl (C=O) groups excluding carboxylic acids is 1. The molecule has 0 fully saturated rings. The zero-order valence-electron chi connectivity index (χ0n) is 13.4. The summed E-state index contributed by atoms with van der Waals surface area (Å²) in [5.74, 6) is -0.244. The highest BCUT2D eigenvalue weighted by atomic mass is 79.9. The van der Waals surface area contributed by atoms with E-state index in [0.29, 0.717) is 0 Å². The lowest BCUT2D eigenvalue weighted by Crippen LogP contribution is -2.41. The topological polar surface area (TPSA) is 41.6 Å². The summed E-state index contributed by atoms with van der Waals surface area (Å²) in [7, 11) is 1.44. The summed E-state index contributed by atoms with van der Waals surface area (Å²) in [6.45, 7) is 5.02. The number of benzene rings is 1. The monoisotopic (exact) mass is 366 g/mol. The molecule has 0 spiro atoms. The van der Waals surface area contributed by atoms with E-state index < -0.39 is 0 Å². The van der Waals surface area contributed by atoms with Crippen LogP contribution in [-0.4, -0.2) is 30.7 Å². The van der Waals surface area contributed by atoms with Crippen LogP contribution in [0.25, 0.3) is 0 Å². The van der Waals surface area contributed by atoms with Gasteiger partial charge in [0.15, 0.2) is 0 Å². The molecular formula is C17H23BrN2O2. The maximum Gasteiger partial charge on any atom is 0.337 e. The lowest BCUT2D eigenvalue weighted by atomic mass is 9.98. The molecule has 0 aromatic heterocycles. The van der Waals surface area contributed by atoms with E-state index in [9.17, 15) is 4.79 Å². The van der Waals surface area contributed by atoms with Crippen LogP contribution in [0.4, 0.5) is 0 Å². The Balaban J connectivity index is 2.22. The number of hydrazine groups is 1. The van der Waals surface area contributed by atoms with Crippen LogP contribution in [0.3, 0.4) is 0 Å². The number of allylic oxidation sites excluding steroid dienone is 1. The normalized spacial score (nSPS) is 18.5. The van der Waals surface area contributed by atoms with E-state index >= 15 is 0 Å². The van der Waals surface area contributed by atoms with E-state index in [1.54, 1.807) is 0 Å². The van der Waals surface area contributed by atoms with Crippen molar-refractivity contribution in [1.29, 1.82) is 0 Å². The summed E-state index contributed by atoms with van der Waals surface area (Å²) in [5.41, 5.74) is 6.17. The number of methoxy groups -OCH3 is 1. The predicted molar refractivity (Wildman–Crippen MR) is 91.1 cm³/mol. The largest absolute Gasteiger partial charge is 0.466 e. The van der Waals surface area contributed by atoms with E-state index in [1.165, 1.54) is 12.7 Å². The van der Waals surface area contributed by atoms with E-state index in [-0.39, 0.29) is 12.0 Å². The van der Waals surface area contributed by atoms with E-state index in [0.717, 1.165) is 41.6 Å².